The van der Waals surface area contributed by atoms with Crippen LogP contribution in [0.4, 0.5) is 0 Å². The summed E-state index contributed by atoms with van der Waals surface area (Å²) in [6.45, 7) is 5.55. The van der Waals surface area contributed by atoms with Gasteiger partial charge in [0, 0.05) is 30.3 Å². The Morgan fingerprint density at radius 3 is 2.61 bits per heavy atom. The predicted molar refractivity (Wildman–Crippen MR) is 141 cm³/mol. The van der Waals surface area contributed by atoms with Crippen molar-refractivity contribution >= 4 is 18.2 Å². The van der Waals surface area contributed by atoms with Crippen LogP contribution in [-0.4, -0.2) is 77.1 Å². The van der Waals surface area contributed by atoms with Gasteiger partial charge in [0.15, 0.2) is 0 Å². The number of ether oxygens (including phenoxy) is 5. The van der Waals surface area contributed by atoms with Gasteiger partial charge in [0.2, 0.25) is 6.29 Å². The molecule has 6 fully saturated rings. The van der Waals surface area contributed by atoms with Crippen molar-refractivity contribution in [2.75, 3.05) is 6.61 Å². The van der Waals surface area contributed by atoms with Crippen LogP contribution >= 0.6 is 0 Å². The summed E-state index contributed by atoms with van der Waals surface area (Å²) in [5.74, 6) is -2.67. The van der Waals surface area contributed by atoms with Crippen molar-refractivity contribution in [3.8, 4) is 0 Å². The molecule has 0 amide bonds. The molecule has 0 aromatic rings. The van der Waals surface area contributed by atoms with Crippen molar-refractivity contribution in [3.63, 3.8) is 0 Å². The molecular formula is C31H42O10. The second-order valence-corrected chi connectivity index (χ2v) is 14.1. The third-order valence-electron chi connectivity index (χ3n) is 12.4. The SMILES string of the molecule is CC(=O)O[C@]12O[C@@H]3C[C@@]4(C=O)[C@@H](CC[C@@H]5[C@@H]4CC[C@]4(C)[C@@H](C6=CC(=O)OC6)CC[C@]54O)C[C@H]3O[C@@H]1O[C@H](C)C[C@@H]2O. The molecule has 7 rings (SSSR count). The van der Waals surface area contributed by atoms with Crippen molar-refractivity contribution in [2.45, 2.75) is 121 Å². The molecule has 4 aliphatic carbocycles. The van der Waals surface area contributed by atoms with E-state index in [2.05, 4.69) is 6.92 Å². The Morgan fingerprint density at radius 1 is 1.10 bits per heavy atom. The summed E-state index contributed by atoms with van der Waals surface area (Å²) >= 11 is 0. The Morgan fingerprint density at radius 2 is 1.90 bits per heavy atom. The maximum atomic E-state index is 13.3. The van der Waals surface area contributed by atoms with Crippen LogP contribution in [-0.2, 0) is 38.1 Å². The van der Waals surface area contributed by atoms with E-state index in [-0.39, 0.29) is 48.3 Å². The normalized spacial score (nSPS) is 53.9. The van der Waals surface area contributed by atoms with Crippen LogP contribution < -0.4 is 0 Å². The highest BCUT2D eigenvalue weighted by Gasteiger charge is 2.71. The fraction of sp³-hybridized carbons (Fsp3) is 0.839. The van der Waals surface area contributed by atoms with Crippen LogP contribution in [0.15, 0.2) is 11.6 Å². The van der Waals surface area contributed by atoms with Gasteiger partial charge in [-0.2, -0.15) is 0 Å². The fourth-order valence-electron chi connectivity index (χ4n) is 10.6. The lowest BCUT2D eigenvalue weighted by Crippen LogP contribution is -2.72. The van der Waals surface area contributed by atoms with E-state index >= 15 is 0 Å². The molecule has 3 heterocycles. The predicted octanol–water partition coefficient (Wildman–Crippen LogP) is 2.57. The average Bonchev–Trinajstić information content (AvgIpc) is 3.46. The van der Waals surface area contributed by atoms with Gasteiger partial charge >= 0.3 is 11.9 Å². The number of carbonyl (C=O) groups excluding carboxylic acids is 3. The minimum absolute atomic E-state index is 0.0366. The third kappa shape index (κ3) is 3.76. The number of aldehydes is 1. The van der Waals surface area contributed by atoms with Crippen molar-refractivity contribution in [2.24, 2.45) is 34.5 Å². The Hall–Kier alpha value is -1.85. The third-order valence-corrected chi connectivity index (χ3v) is 12.4. The molecule has 0 aromatic heterocycles. The first-order chi connectivity index (χ1) is 19.5. The van der Waals surface area contributed by atoms with Gasteiger partial charge in [-0.05, 0) is 87.5 Å². The second-order valence-electron chi connectivity index (χ2n) is 14.1. The van der Waals surface area contributed by atoms with Gasteiger partial charge in [0.05, 0.1) is 23.9 Å². The number of aliphatic hydroxyl groups excluding tert-OH is 1. The van der Waals surface area contributed by atoms with E-state index in [4.69, 9.17) is 23.7 Å². The van der Waals surface area contributed by atoms with Crippen molar-refractivity contribution in [1.82, 2.24) is 0 Å². The average molecular weight is 575 g/mol. The van der Waals surface area contributed by atoms with E-state index < -0.39 is 46.7 Å². The number of esters is 2. The lowest BCUT2D eigenvalue weighted by Gasteiger charge is -2.65. The summed E-state index contributed by atoms with van der Waals surface area (Å²) in [5, 5.41) is 23.6. The second kappa shape index (κ2) is 9.32. The van der Waals surface area contributed by atoms with E-state index in [0.29, 0.717) is 25.9 Å². The molecule has 3 aliphatic heterocycles. The standard InChI is InChI=1S/C31H42O10/c1-16-10-25(34)31(40-17(2)33)27(38-16)39-23-12-19-4-5-22-21(29(19,15-32)13-24(23)41-31)6-8-28(3)20(7-9-30(22,28)36)18-11-26(35)37-14-18/h11,15-16,19-25,27,34,36H,4-10,12-14H2,1-3H3/t16-,19+,20-,21+,22-,23-,24-,25+,27+,28-,29-,30+,31-/m1/s1. The lowest BCUT2D eigenvalue weighted by molar-refractivity contribution is -0.456. The maximum Gasteiger partial charge on any atom is 0.331 e. The van der Waals surface area contributed by atoms with Crippen LogP contribution in [0, 0.1) is 34.5 Å². The molecule has 0 unspecified atom stereocenters. The zero-order valence-corrected chi connectivity index (χ0v) is 24.1. The lowest BCUT2D eigenvalue weighted by atomic mass is 9.42. The fourth-order valence-corrected chi connectivity index (χ4v) is 10.6. The van der Waals surface area contributed by atoms with Crippen LogP contribution in [0.5, 0.6) is 0 Å². The van der Waals surface area contributed by atoms with E-state index in [1.54, 1.807) is 6.08 Å². The van der Waals surface area contributed by atoms with Crippen LogP contribution in [0.25, 0.3) is 0 Å². The number of rotatable bonds is 3. The molecule has 2 N–H and O–H groups in total. The molecule has 0 aromatic carbocycles. The highest BCUT2D eigenvalue weighted by Crippen LogP contribution is 2.70. The molecule has 10 nitrogen and oxygen atoms in total. The van der Waals surface area contributed by atoms with Crippen LogP contribution in [0.2, 0.25) is 0 Å². The molecule has 7 aliphatic rings. The molecule has 0 spiro atoms. The number of aliphatic hydroxyl groups is 2. The van der Waals surface area contributed by atoms with E-state index in [1.165, 1.54) is 6.92 Å². The highest BCUT2D eigenvalue weighted by molar-refractivity contribution is 5.85. The molecule has 4 saturated carbocycles. The highest BCUT2D eigenvalue weighted by atomic mass is 16.8. The molecule has 226 valence electrons. The van der Waals surface area contributed by atoms with E-state index in [0.717, 1.165) is 44.0 Å². The molecule has 13 atom stereocenters. The Bertz CT molecular complexity index is 1170. The van der Waals surface area contributed by atoms with Crippen LogP contribution in [0.3, 0.4) is 0 Å². The van der Waals surface area contributed by atoms with Gasteiger partial charge < -0.3 is 38.7 Å². The quantitative estimate of drug-likeness (QED) is 0.294. The summed E-state index contributed by atoms with van der Waals surface area (Å²) in [5.41, 5.74) is -1.11. The molecular weight excluding hydrogens is 532 g/mol. The zero-order chi connectivity index (χ0) is 28.9. The topological polar surface area (TPSA) is 138 Å². The Kier molecular flexibility index (Phi) is 6.36. The zero-order valence-electron chi connectivity index (χ0n) is 24.1. The maximum absolute atomic E-state index is 13.3. The minimum atomic E-state index is -1.79. The summed E-state index contributed by atoms with van der Waals surface area (Å²) < 4.78 is 29.8. The molecule has 0 bridgehead atoms. The minimum Gasteiger partial charge on any atom is -0.458 e. The first-order valence-corrected chi connectivity index (χ1v) is 15.4. The van der Waals surface area contributed by atoms with Crippen molar-refractivity contribution < 1.29 is 48.3 Å². The first kappa shape index (κ1) is 28.0. The smallest absolute Gasteiger partial charge is 0.331 e. The first-order valence-electron chi connectivity index (χ1n) is 15.4. The molecule has 2 saturated heterocycles. The van der Waals surface area contributed by atoms with E-state index in [1.807, 2.05) is 6.92 Å². The number of fused-ring (bicyclic) bond motifs is 7. The Balaban J connectivity index is 1.19. The van der Waals surface area contributed by atoms with Crippen molar-refractivity contribution in [1.29, 1.82) is 0 Å². The molecule has 10 heteroatoms. The van der Waals surface area contributed by atoms with Gasteiger partial charge in [-0.15, -0.1) is 0 Å². The summed E-state index contributed by atoms with van der Waals surface area (Å²) in [4.78, 5) is 37.3. The summed E-state index contributed by atoms with van der Waals surface area (Å²) in [7, 11) is 0. The number of hydrogen-bond donors (Lipinski definition) is 2. The molecule has 41 heavy (non-hydrogen) atoms. The van der Waals surface area contributed by atoms with Crippen LogP contribution in [0.1, 0.15) is 78.6 Å². The molecule has 0 radical (unpaired) electrons. The van der Waals surface area contributed by atoms with E-state index in [9.17, 15) is 24.6 Å². The number of cyclic esters (lactones) is 1. The number of hydrogen-bond acceptors (Lipinski definition) is 10. The largest absolute Gasteiger partial charge is 0.458 e. The Labute approximate surface area is 240 Å². The van der Waals surface area contributed by atoms with Gasteiger partial charge in [-0.3, -0.25) is 4.79 Å². The van der Waals surface area contributed by atoms with Crippen molar-refractivity contribution in [3.05, 3.63) is 11.6 Å². The van der Waals surface area contributed by atoms with Gasteiger partial charge in [0.25, 0.3) is 5.79 Å². The number of carbonyl (C=O) groups is 3. The monoisotopic (exact) mass is 574 g/mol. The van der Waals surface area contributed by atoms with Gasteiger partial charge in [-0.25, -0.2) is 4.79 Å². The summed E-state index contributed by atoms with van der Waals surface area (Å²) in [6.07, 6.45) is 5.03. The van der Waals surface area contributed by atoms with Gasteiger partial charge in [0.1, 0.15) is 19.0 Å². The summed E-state index contributed by atoms with van der Waals surface area (Å²) in [6, 6.07) is 0. The van der Waals surface area contributed by atoms with Gasteiger partial charge in [-0.1, -0.05) is 6.92 Å².